The Balaban J connectivity index is 2.15. The highest BCUT2D eigenvalue weighted by Gasteiger charge is 2.63. The molecule has 0 radical (unpaired) electrons. The van der Waals surface area contributed by atoms with Gasteiger partial charge in [-0.2, -0.15) is 0 Å². The Bertz CT molecular complexity index is 229. The molecule has 1 unspecified atom stereocenters. The topological polar surface area (TPSA) is 24.1 Å². The van der Waals surface area contributed by atoms with Crippen LogP contribution in [0.15, 0.2) is 0 Å². The second-order valence-electron chi connectivity index (χ2n) is 7.36. The van der Waals surface area contributed by atoms with Crippen molar-refractivity contribution in [3.8, 4) is 0 Å². The predicted molar refractivity (Wildman–Crippen MR) is 76.2 cm³/mol. The zero-order chi connectivity index (χ0) is 13.3. The first-order chi connectivity index (χ1) is 7.69. The summed E-state index contributed by atoms with van der Waals surface area (Å²) in [5.41, 5.74) is 1.01. The van der Waals surface area contributed by atoms with E-state index < -0.39 is 0 Å². The fourth-order valence-corrected chi connectivity index (χ4v) is 2.82. The lowest BCUT2D eigenvalue weighted by Crippen LogP contribution is -2.39. The Morgan fingerprint density at radius 2 is 1.47 bits per heavy atom. The summed E-state index contributed by atoms with van der Waals surface area (Å²) in [4.78, 5) is 0. The van der Waals surface area contributed by atoms with Crippen molar-refractivity contribution in [1.82, 2.24) is 10.6 Å². The standard InChI is InChI=1S/C15H32N2/c1-11(2)8-16-9-12(3)17-10-13-14(4,5)15(13,6)7/h11-13,16-17H,8-10H2,1-7H3. The molecule has 0 aromatic rings. The molecule has 17 heavy (non-hydrogen) atoms. The van der Waals surface area contributed by atoms with Gasteiger partial charge in [-0.3, -0.25) is 0 Å². The molecule has 0 aliphatic heterocycles. The predicted octanol–water partition coefficient (Wildman–Crippen LogP) is 2.89. The third-order valence-corrected chi connectivity index (χ3v) is 4.99. The van der Waals surface area contributed by atoms with Crippen LogP contribution in [0.2, 0.25) is 0 Å². The molecule has 0 spiro atoms. The van der Waals surface area contributed by atoms with E-state index in [0.29, 0.717) is 16.9 Å². The van der Waals surface area contributed by atoms with Crippen molar-refractivity contribution in [2.24, 2.45) is 22.7 Å². The molecule has 1 fully saturated rings. The fraction of sp³-hybridized carbons (Fsp3) is 1.00. The molecule has 0 aromatic carbocycles. The van der Waals surface area contributed by atoms with Gasteiger partial charge in [0.15, 0.2) is 0 Å². The molecular weight excluding hydrogens is 208 g/mol. The van der Waals surface area contributed by atoms with Gasteiger partial charge in [-0.15, -0.1) is 0 Å². The summed E-state index contributed by atoms with van der Waals surface area (Å²) in [6.45, 7) is 19.7. The SMILES string of the molecule is CC(C)CNCC(C)NCC1C(C)(C)C1(C)C. The quantitative estimate of drug-likeness (QED) is 0.715. The molecule has 2 heteroatoms. The molecule has 2 N–H and O–H groups in total. The maximum absolute atomic E-state index is 3.67. The summed E-state index contributed by atoms with van der Waals surface area (Å²) in [5.74, 6) is 1.56. The van der Waals surface area contributed by atoms with Crippen LogP contribution in [0.3, 0.4) is 0 Å². The Kier molecular flexibility index (Phi) is 4.65. The summed E-state index contributed by atoms with van der Waals surface area (Å²) in [6, 6.07) is 0.570. The van der Waals surface area contributed by atoms with Gasteiger partial charge < -0.3 is 10.6 Å². The van der Waals surface area contributed by atoms with Crippen molar-refractivity contribution < 1.29 is 0 Å². The van der Waals surface area contributed by atoms with E-state index in [1.165, 1.54) is 0 Å². The van der Waals surface area contributed by atoms with Gasteiger partial charge in [0.2, 0.25) is 0 Å². The minimum Gasteiger partial charge on any atom is -0.315 e. The number of hydrogen-bond acceptors (Lipinski definition) is 2. The van der Waals surface area contributed by atoms with E-state index in [1.807, 2.05) is 0 Å². The third kappa shape index (κ3) is 3.45. The van der Waals surface area contributed by atoms with Gasteiger partial charge in [0.05, 0.1) is 0 Å². The monoisotopic (exact) mass is 240 g/mol. The Morgan fingerprint density at radius 3 is 1.88 bits per heavy atom. The van der Waals surface area contributed by atoms with E-state index in [4.69, 9.17) is 0 Å². The van der Waals surface area contributed by atoms with E-state index in [2.05, 4.69) is 59.1 Å². The highest BCUT2D eigenvalue weighted by atomic mass is 15.0. The van der Waals surface area contributed by atoms with Gasteiger partial charge >= 0.3 is 0 Å². The van der Waals surface area contributed by atoms with Gasteiger partial charge in [-0.05, 0) is 42.7 Å². The number of hydrogen-bond donors (Lipinski definition) is 2. The summed E-state index contributed by atoms with van der Waals surface area (Å²) < 4.78 is 0. The Labute approximate surface area is 108 Å². The Morgan fingerprint density at radius 1 is 0.941 bits per heavy atom. The van der Waals surface area contributed by atoms with Crippen LogP contribution in [-0.4, -0.2) is 25.7 Å². The molecule has 0 heterocycles. The maximum atomic E-state index is 3.67. The smallest absolute Gasteiger partial charge is 0.0164 e. The molecule has 0 bridgehead atoms. The summed E-state index contributed by atoms with van der Waals surface area (Å²) >= 11 is 0. The van der Waals surface area contributed by atoms with E-state index in [0.717, 1.165) is 31.5 Å². The molecule has 0 amide bonds. The molecule has 0 saturated heterocycles. The van der Waals surface area contributed by atoms with Gasteiger partial charge in [-0.1, -0.05) is 41.5 Å². The minimum absolute atomic E-state index is 0.505. The molecular formula is C15H32N2. The van der Waals surface area contributed by atoms with E-state index in [-0.39, 0.29) is 0 Å². The first-order valence-electron chi connectivity index (χ1n) is 7.13. The third-order valence-electron chi connectivity index (χ3n) is 4.99. The summed E-state index contributed by atoms with van der Waals surface area (Å²) in [6.07, 6.45) is 0. The van der Waals surface area contributed by atoms with Crippen LogP contribution in [-0.2, 0) is 0 Å². The van der Waals surface area contributed by atoms with Crippen LogP contribution in [0.4, 0.5) is 0 Å². The lowest BCUT2D eigenvalue weighted by atomic mass is 10.0. The van der Waals surface area contributed by atoms with Crippen LogP contribution in [0.25, 0.3) is 0 Å². The average Bonchev–Trinajstić information content (AvgIpc) is 2.54. The largest absolute Gasteiger partial charge is 0.315 e. The molecule has 1 aliphatic rings. The van der Waals surface area contributed by atoms with Crippen molar-refractivity contribution in [3.05, 3.63) is 0 Å². The first kappa shape index (κ1) is 15.0. The average molecular weight is 240 g/mol. The highest BCUT2D eigenvalue weighted by molar-refractivity contribution is 5.12. The van der Waals surface area contributed by atoms with Crippen LogP contribution in [0.5, 0.6) is 0 Å². The number of rotatable bonds is 7. The molecule has 1 atom stereocenters. The lowest BCUT2D eigenvalue weighted by molar-refractivity contribution is 0.443. The molecule has 0 aromatic heterocycles. The maximum Gasteiger partial charge on any atom is 0.0164 e. The van der Waals surface area contributed by atoms with E-state index in [9.17, 15) is 0 Å². The molecule has 2 nitrogen and oxygen atoms in total. The van der Waals surface area contributed by atoms with Crippen molar-refractivity contribution in [2.45, 2.75) is 54.5 Å². The van der Waals surface area contributed by atoms with Crippen LogP contribution >= 0.6 is 0 Å². The molecule has 1 saturated carbocycles. The van der Waals surface area contributed by atoms with Crippen LogP contribution < -0.4 is 10.6 Å². The zero-order valence-corrected chi connectivity index (χ0v) is 12.9. The van der Waals surface area contributed by atoms with E-state index >= 15 is 0 Å². The van der Waals surface area contributed by atoms with Crippen molar-refractivity contribution in [1.29, 1.82) is 0 Å². The summed E-state index contributed by atoms with van der Waals surface area (Å²) in [5, 5.41) is 7.17. The first-order valence-corrected chi connectivity index (χ1v) is 7.13. The van der Waals surface area contributed by atoms with Gasteiger partial charge in [0, 0.05) is 12.6 Å². The second kappa shape index (κ2) is 5.27. The lowest BCUT2D eigenvalue weighted by Gasteiger charge is -2.16. The zero-order valence-electron chi connectivity index (χ0n) is 12.9. The van der Waals surface area contributed by atoms with Crippen molar-refractivity contribution in [2.75, 3.05) is 19.6 Å². The Hall–Kier alpha value is -0.0800. The second-order valence-corrected chi connectivity index (χ2v) is 7.36. The molecule has 1 aliphatic carbocycles. The van der Waals surface area contributed by atoms with E-state index in [1.54, 1.807) is 0 Å². The number of nitrogens with one attached hydrogen (secondary N) is 2. The molecule has 102 valence electrons. The minimum atomic E-state index is 0.505. The normalized spacial score (nSPS) is 24.0. The summed E-state index contributed by atoms with van der Waals surface area (Å²) in [7, 11) is 0. The van der Waals surface area contributed by atoms with Crippen molar-refractivity contribution in [3.63, 3.8) is 0 Å². The van der Waals surface area contributed by atoms with Crippen molar-refractivity contribution >= 4 is 0 Å². The molecule has 1 rings (SSSR count). The highest BCUT2D eigenvalue weighted by Crippen LogP contribution is 2.67. The van der Waals surface area contributed by atoms with Crippen LogP contribution in [0.1, 0.15) is 48.5 Å². The fourth-order valence-electron chi connectivity index (χ4n) is 2.82. The van der Waals surface area contributed by atoms with Gasteiger partial charge in [-0.25, -0.2) is 0 Å². The van der Waals surface area contributed by atoms with Gasteiger partial charge in [0.25, 0.3) is 0 Å². The van der Waals surface area contributed by atoms with Crippen LogP contribution in [0, 0.1) is 22.7 Å². The van der Waals surface area contributed by atoms with Gasteiger partial charge in [0.1, 0.15) is 0 Å².